The lowest BCUT2D eigenvalue weighted by Gasteiger charge is -2.27. The number of esters is 1. The number of aliphatic hydroxyl groups excluding tert-OH is 1. The van der Waals surface area contributed by atoms with Crippen LogP contribution in [0.1, 0.15) is 26.3 Å². The lowest BCUT2D eigenvalue weighted by Crippen LogP contribution is -2.49. The second kappa shape index (κ2) is 7.38. The Hall–Kier alpha value is -1.92. The number of nitrogens with two attached hydrogens (primary N) is 1. The molecule has 0 aliphatic carbocycles. The van der Waals surface area contributed by atoms with Crippen molar-refractivity contribution in [2.75, 3.05) is 0 Å². The minimum Gasteiger partial charge on any atom is -0.481 e. The number of rotatable bonds is 6. The van der Waals surface area contributed by atoms with Gasteiger partial charge < -0.3 is 20.7 Å². The number of hydrogen-bond acceptors (Lipinski definition) is 5. The van der Waals surface area contributed by atoms with Crippen molar-refractivity contribution in [3.63, 3.8) is 0 Å². The lowest BCUT2D eigenvalue weighted by molar-refractivity contribution is -0.172. The Balaban J connectivity index is 2.82. The van der Waals surface area contributed by atoms with Crippen LogP contribution in [-0.4, -0.2) is 39.9 Å². The molecular weight excluding hydrogens is 286 g/mol. The summed E-state index contributed by atoms with van der Waals surface area (Å²) >= 11 is 0. The third kappa shape index (κ3) is 5.46. The normalized spacial score (nSPS) is 15.7. The first-order valence-electron chi connectivity index (χ1n) is 7.05. The first-order chi connectivity index (χ1) is 10.1. The van der Waals surface area contributed by atoms with Gasteiger partial charge in [0.05, 0.1) is 6.10 Å². The number of carboxylic acid groups (broad SMARTS) is 1. The molecule has 0 bridgehead atoms. The number of carbonyl (C=O) groups is 2. The van der Waals surface area contributed by atoms with Gasteiger partial charge in [0, 0.05) is 6.04 Å². The Bertz CT molecular complexity index is 509. The zero-order chi connectivity index (χ0) is 16.9. The van der Waals surface area contributed by atoms with Gasteiger partial charge in [0.15, 0.2) is 5.92 Å². The van der Waals surface area contributed by atoms with E-state index in [2.05, 4.69) is 0 Å². The quantitative estimate of drug-likeness (QED) is 0.533. The van der Waals surface area contributed by atoms with Crippen LogP contribution in [0.2, 0.25) is 0 Å². The van der Waals surface area contributed by atoms with Gasteiger partial charge in [-0.25, -0.2) is 0 Å². The molecule has 6 nitrogen and oxygen atoms in total. The number of hydrogen-bond donors (Lipinski definition) is 3. The Morgan fingerprint density at radius 1 is 1.23 bits per heavy atom. The third-order valence-electron chi connectivity index (χ3n) is 3.02. The molecule has 1 aromatic rings. The molecule has 0 spiro atoms. The zero-order valence-electron chi connectivity index (χ0n) is 13.0. The van der Waals surface area contributed by atoms with Crippen molar-refractivity contribution >= 4 is 11.9 Å². The number of aliphatic hydroxyl groups is 1. The molecule has 0 heterocycles. The van der Waals surface area contributed by atoms with E-state index in [1.807, 2.05) is 30.3 Å². The minimum atomic E-state index is -1.71. The largest absolute Gasteiger partial charge is 0.481 e. The van der Waals surface area contributed by atoms with E-state index in [1.165, 1.54) is 0 Å². The summed E-state index contributed by atoms with van der Waals surface area (Å²) in [6, 6.07) is 8.21. The van der Waals surface area contributed by atoms with Crippen molar-refractivity contribution in [2.45, 2.75) is 44.9 Å². The fraction of sp³-hybridized carbons (Fsp3) is 0.500. The van der Waals surface area contributed by atoms with E-state index in [1.54, 1.807) is 20.8 Å². The van der Waals surface area contributed by atoms with Gasteiger partial charge in [-0.1, -0.05) is 30.3 Å². The van der Waals surface area contributed by atoms with E-state index in [4.69, 9.17) is 10.5 Å². The van der Waals surface area contributed by atoms with Crippen molar-refractivity contribution in [1.29, 1.82) is 0 Å². The molecule has 1 aromatic carbocycles. The van der Waals surface area contributed by atoms with Gasteiger partial charge in [-0.15, -0.1) is 0 Å². The van der Waals surface area contributed by atoms with Crippen LogP contribution in [0.25, 0.3) is 0 Å². The summed E-state index contributed by atoms with van der Waals surface area (Å²) in [6.07, 6.45) is -1.28. The predicted octanol–water partition coefficient (Wildman–Crippen LogP) is 0.960. The van der Waals surface area contributed by atoms with Crippen LogP contribution in [0.4, 0.5) is 0 Å². The van der Waals surface area contributed by atoms with Crippen LogP contribution in [0.3, 0.4) is 0 Å². The Morgan fingerprint density at radius 2 is 1.77 bits per heavy atom. The summed E-state index contributed by atoms with van der Waals surface area (Å²) in [5, 5.41) is 19.4. The Labute approximate surface area is 129 Å². The van der Waals surface area contributed by atoms with E-state index >= 15 is 0 Å². The first-order valence-corrected chi connectivity index (χ1v) is 7.05. The number of ether oxygens (including phenoxy) is 1. The Morgan fingerprint density at radius 3 is 2.23 bits per heavy atom. The molecule has 4 N–H and O–H groups in total. The molecule has 22 heavy (non-hydrogen) atoms. The molecule has 122 valence electrons. The van der Waals surface area contributed by atoms with E-state index in [0.29, 0.717) is 0 Å². The highest BCUT2D eigenvalue weighted by atomic mass is 16.6. The average Bonchev–Trinajstić information content (AvgIpc) is 2.37. The smallest absolute Gasteiger partial charge is 0.323 e. The van der Waals surface area contributed by atoms with Gasteiger partial charge in [-0.05, 0) is 32.8 Å². The van der Waals surface area contributed by atoms with E-state index in [9.17, 15) is 19.8 Å². The number of aliphatic carboxylic acids is 1. The summed E-state index contributed by atoms with van der Waals surface area (Å²) in [5.41, 5.74) is 5.88. The van der Waals surface area contributed by atoms with Gasteiger partial charge in [-0.2, -0.15) is 0 Å². The molecule has 0 fully saturated rings. The second-order valence-corrected chi connectivity index (χ2v) is 6.19. The van der Waals surface area contributed by atoms with Crippen molar-refractivity contribution in [1.82, 2.24) is 0 Å². The molecule has 6 heteroatoms. The molecule has 0 saturated heterocycles. The molecule has 1 unspecified atom stereocenters. The highest BCUT2D eigenvalue weighted by molar-refractivity contribution is 5.94. The highest BCUT2D eigenvalue weighted by Crippen LogP contribution is 2.17. The van der Waals surface area contributed by atoms with E-state index in [-0.39, 0.29) is 6.42 Å². The summed E-state index contributed by atoms with van der Waals surface area (Å²) in [4.78, 5) is 23.3. The van der Waals surface area contributed by atoms with Crippen LogP contribution in [0, 0.1) is 5.92 Å². The monoisotopic (exact) mass is 309 g/mol. The van der Waals surface area contributed by atoms with Gasteiger partial charge in [0.25, 0.3) is 0 Å². The molecule has 0 saturated carbocycles. The molecule has 1 rings (SSSR count). The summed E-state index contributed by atoms with van der Waals surface area (Å²) in [5.74, 6) is -4.15. The molecule has 0 amide bonds. The topological polar surface area (TPSA) is 110 Å². The number of carbonyl (C=O) groups excluding carboxylic acids is 1. The highest BCUT2D eigenvalue weighted by Gasteiger charge is 2.40. The molecule has 0 radical (unpaired) electrons. The standard InChI is InChI=1S/C16H23NO5/c1-16(2,3)22-15(21)12(14(19)20)13(18)11(17)9-10-7-5-4-6-8-10/h4-8,11-13,18H,9,17H2,1-3H3,(H,19,20)/t11-,12?,13+/m0/s1. The molecular formula is C16H23NO5. The summed E-state index contributed by atoms with van der Waals surface area (Å²) in [6.45, 7) is 4.88. The first kappa shape index (κ1) is 18.1. The molecule has 0 aromatic heterocycles. The summed E-state index contributed by atoms with van der Waals surface area (Å²) in [7, 11) is 0. The fourth-order valence-corrected chi connectivity index (χ4v) is 2.01. The third-order valence-corrected chi connectivity index (χ3v) is 3.02. The van der Waals surface area contributed by atoms with E-state index < -0.39 is 35.6 Å². The van der Waals surface area contributed by atoms with Crippen molar-refractivity contribution in [3.8, 4) is 0 Å². The van der Waals surface area contributed by atoms with Gasteiger partial charge >= 0.3 is 11.9 Å². The van der Waals surface area contributed by atoms with Gasteiger partial charge in [-0.3, -0.25) is 9.59 Å². The van der Waals surface area contributed by atoms with Crippen LogP contribution >= 0.6 is 0 Å². The van der Waals surface area contributed by atoms with Crippen LogP contribution in [-0.2, 0) is 20.7 Å². The Kier molecular flexibility index (Phi) is 6.08. The van der Waals surface area contributed by atoms with Crippen molar-refractivity contribution in [3.05, 3.63) is 35.9 Å². The lowest BCUT2D eigenvalue weighted by atomic mass is 9.92. The van der Waals surface area contributed by atoms with Crippen LogP contribution < -0.4 is 5.73 Å². The summed E-state index contributed by atoms with van der Waals surface area (Å²) < 4.78 is 5.05. The van der Waals surface area contributed by atoms with E-state index in [0.717, 1.165) is 5.56 Å². The fourth-order valence-electron chi connectivity index (χ4n) is 2.01. The minimum absolute atomic E-state index is 0.259. The average molecular weight is 309 g/mol. The predicted molar refractivity (Wildman–Crippen MR) is 81.1 cm³/mol. The molecule has 0 aliphatic heterocycles. The van der Waals surface area contributed by atoms with Crippen LogP contribution in [0.5, 0.6) is 0 Å². The maximum absolute atomic E-state index is 12.0. The molecule has 0 aliphatic rings. The van der Waals surface area contributed by atoms with Crippen LogP contribution in [0.15, 0.2) is 30.3 Å². The maximum Gasteiger partial charge on any atom is 0.323 e. The van der Waals surface area contributed by atoms with Crippen molar-refractivity contribution in [2.24, 2.45) is 11.7 Å². The zero-order valence-corrected chi connectivity index (χ0v) is 13.0. The number of benzene rings is 1. The van der Waals surface area contributed by atoms with Crippen molar-refractivity contribution < 1.29 is 24.5 Å². The second-order valence-electron chi connectivity index (χ2n) is 6.19. The number of carboxylic acids is 1. The molecule has 3 atom stereocenters. The van der Waals surface area contributed by atoms with Gasteiger partial charge in [0.1, 0.15) is 5.60 Å². The van der Waals surface area contributed by atoms with Gasteiger partial charge in [0.2, 0.25) is 0 Å². The maximum atomic E-state index is 12.0. The SMILES string of the molecule is CC(C)(C)OC(=O)C(C(=O)O)[C@H](O)[C@@H](N)Cc1ccccc1.